The molecule has 25 heavy (non-hydrogen) atoms. The lowest BCUT2D eigenvalue weighted by Crippen LogP contribution is -2.48. The van der Waals surface area contributed by atoms with E-state index in [9.17, 15) is 4.79 Å². The number of amides is 1. The average molecular weight is 343 g/mol. The Hall–Kier alpha value is -2.25. The smallest absolute Gasteiger partial charge is 0.241 e. The van der Waals surface area contributed by atoms with E-state index >= 15 is 0 Å². The molecule has 3 atom stereocenters. The van der Waals surface area contributed by atoms with Crippen LogP contribution in [0.3, 0.4) is 0 Å². The van der Waals surface area contributed by atoms with Gasteiger partial charge in [-0.3, -0.25) is 4.79 Å². The lowest BCUT2D eigenvalue weighted by molar-refractivity contribution is -0.118. The Balaban J connectivity index is 1.54. The molecule has 0 bridgehead atoms. The van der Waals surface area contributed by atoms with Crippen LogP contribution >= 0.6 is 0 Å². The molecule has 0 saturated carbocycles. The first-order valence-corrected chi connectivity index (χ1v) is 8.68. The van der Waals surface area contributed by atoms with Crippen molar-refractivity contribution in [3.63, 3.8) is 0 Å². The molecule has 0 aliphatic carbocycles. The minimum absolute atomic E-state index is 0.0414. The van der Waals surface area contributed by atoms with Gasteiger partial charge in [0.2, 0.25) is 5.91 Å². The summed E-state index contributed by atoms with van der Waals surface area (Å²) in [6, 6.07) is 7.54. The van der Waals surface area contributed by atoms with Crippen molar-refractivity contribution in [2.24, 2.45) is 0 Å². The molecular formula is C18H25N5O2. The minimum Gasteiger partial charge on any atom is -0.375 e. The van der Waals surface area contributed by atoms with E-state index in [0.29, 0.717) is 6.04 Å². The molecule has 134 valence electrons. The molecule has 1 amide bonds. The number of anilines is 1. The van der Waals surface area contributed by atoms with Crippen LogP contribution in [0.4, 0.5) is 5.69 Å². The van der Waals surface area contributed by atoms with Crippen molar-refractivity contribution >= 4 is 11.6 Å². The van der Waals surface area contributed by atoms with Crippen LogP contribution in [0.5, 0.6) is 0 Å². The Morgan fingerprint density at radius 1 is 1.24 bits per heavy atom. The van der Waals surface area contributed by atoms with Gasteiger partial charge in [-0.25, -0.2) is 9.67 Å². The van der Waals surface area contributed by atoms with Gasteiger partial charge in [-0.2, -0.15) is 5.10 Å². The van der Waals surface area contributed by atoms with E-state index in [2.05, 4.69) is 34.6 Å². The molecule has 2 aromatic rings. The summed E-state index contributed by atoms with van der Waals surface area (Å²) in [6.07, 6.45) is 5.42. The molecule has 7 nitrogen and oxygen atoms in total. The molecule has 0 radical (unpaired) electrons. The summed E-state index contributed by atoms with van der Waals surface area (Å²) in [4.78, 5) is 16.4. The molecule has 1 saturated heterocycles. The standard InChI is InChI=1S/C18H25N5O2/c1-12-8-16(9-13(2)25-12)21-14(3)18(24)22-15-4-6-17(7-5-15)23-11-19-10-20-23/h4-7,10-14,16,21H,8-9H2,1-3H3,(H,22,24)/t12-,13-,14+/m1/s1. The van der Waals surface area contributed by atoms with Gasteiger partial charge in [0.15, 0.2) is 0 Å². The fourth-order valence-corrected chi connectivity index (χ4v) is 3.26. The van der Waals surface area contributed by atoms with Gasteiger partial charge in [0.1, 0.15) is 12.7 Å². The van der Waals surface area contributed by atoms with Crippen LogP contribution in [0.15, 0.2) is 36.9 Å². The van der Waals surface area contributed by atoms with Crippen LogP contribution in [0.25, 0.3) is 5.69 Å². The third-order valence-corrected chi connectivity index (χ3v) is 4.39. The van der Waals surface area contributed by atoms with Crippen LogP contribution in [-0.2, 0) is 9.53 Å². The summed E-state index contributed by atoms with van der Waals surface area (Å²) >= 11 is 0. The van der Waals surface area contributed by atoms with Crippen molar-refractivity contribution in [1.82, 2.24) is 20.1 Å². The number of ether oxygens (including phenoxy) is 1. The fourth-order valence-electron chi connectivity index (χ4n) is 3.26. The van der Waals surface area contributed by atoms with Crippen molar-refractivity contribution < 1.29 is 9.53 Å². The van der Waals surface area contributed by atoms with Gasteiger partial charge in [-0.1, -0.05) is 0 Å². The molecule has 0 unspecified atom stereocenters. The number of carbonyl (C=O) groups is 1. The quantitative estimate of drug-likeness (QED) is 0.869. The number of rotatable bonds is 5. The number of aromatic nitrogens is 3. The molecule has 1 aromatic heterocycles. The highest BCUT2D eigenvalue weighted by atomic mass is 16.5. The van der Waals surface area contributed by atoms with Gasteiger partial charge in [-0.05, 0) is 57.9 Å². The van der Waals surface area contributed by atoms with Gasteiger partial charge in [-0.15, -0.1) is 0 Å². The van der Waals surface area contributed by atoms with E-state index in [0.717, 1.165) is 24.2 Å². The molecule has 1 aliphatic rings. The van der Waals surface area contributed by atoms with Gasteiger partial charge in [0.05, 0.1) is 23.9 Å². The summed E-state index contributed by atoms with van der Waals surface area (Å²) < 4.78 is 7.41. The molecule has 7 heteroatoms. The first-order chi connectivity index (χ1) is 12.0. The van der Waals surface area contributed by atoms with E-state index in [1.54, 1.807) is 11.0 Å². The maximum atomic E-state index is 12.4. The minimum atomic E-state index is -0.266. The second-order valence-corrected chi connectivity index (χ2v) is 6.69. The van der Waals surface area contributed by atoms with E-state index < -0.39 is 0 Å². The van der Waals surface area contributed by atoms with E-state index in [1.165, 1.54) is 6.33 Å². The summed E-state index contributed by atoms with van der Waals surface area (Å²) in [5, 5.41) is 10.4. The van der Waals surface area contributed by atoms with Crippen LogP contribution in [0.1, 0.15) is 33.6 Å². The molecule has 3 rings (SSSR count). The van der Waals surface area contributed by atoms with E-state index in [4.69, 9.17) is 4.74 Å². The molecular weight excluding hydrogens is 318 g/mol. The Morgan fingerprint density at radius 2 is 1.92 bits per heavy atom. The van der Waals surface area contributed by atoms with Crippen LogP contribution in [0.2, 0.25) is 0 Å². The topological polar surface area (TPSA) is 81.1 Å². The zero-order valence-corrected chi connectivity index (χ0v) is 14.8. The first-order valence-electron chi connectivity index (χ1n) is 8.68. The highest BCUT2D eigenvalue weighted by molar-refractivity contribution is 5.94. The van der Waals surface area contributed by atoms with Crippen molar-refractivity contribution in [2.75, 3.05) is 5.32 Å². The number of benzene rings is 1. The van der Waals surface area contributed by atoms with Gasteiger partial charge < -0.3 is 15.4 Å². The zero-order valence-electron chi connectivity index (χ0n) is 14.8. The number of nitrogens with zero attached hydrogens (tertiary/aromatic N) is 3. The third kappa shape index (κ3) is 4.64. The fraction of sp³-hybridized carbons (Fsp3) is 0.500. The lowest BCUT2D eigenvalue weighted by atomic mass is 9.99. The highest BCUT2D eigenvalue weighted by Crippen LogP contribution is 2.19. The predicted octanol–water partition coefficient (Wildman–Crippen LogP) is 2.14. The highest BCUT2D eigenvalue weighted by Gasteiger charge is 2.26. The summed E-state index contributed by atoms with van der Waals surface area (Å²) in [6.45, 7) is 6.04. The van der Waals surface area contributed by atoms with Crippen molar-refractivity contribution in [2.45, 2.75) is 57.9 Å². The average Bonchev–Trinajstić information content (AvgIpc) is 3.09. The molecule has 1 aliphatic heterocycles. The third-order valence-electron chi connectivity index (χ3n) is 4.39. The van der Waals surface area contributed by atoms with Crippen molar-refractivity contribution in [3.8, 4) is 5.69 Å². The summed E-state index contributed by atoms with van der Waals surface area (Å²) in [5.41, 5.74) is 1.66. The normalized spacial score (nSPS) is 24.7. The Morgan fingerprint density at radius 3 is 2.52 bits per heavy atom. The molecule has 1 fully saturated rings. The summed E-state index contributed by atoms with van der Waals surface area (Å²) in [7, 11) is 0. The summed E-state index contributed by atoms with van der Waals surface area (Å²) in [5.74, 6) is -0.0414. The van der Waals surface area contributed by atoms with Crippen LogP contribution < -0.4 is 10.6 Å². The van der Waals surface area contributed by atoms with E-state index in [1.807, 2.05) is 31.2 Å². The van der Waals surface area contributed by atoms with Crippen LogP contribution in [-0.4, -0.2) is 45.0 Å². The number of hydrogen-bond acceptors (Lipinski definition) is 5. The van der Waals surface area contributed by atoms with Crippen LogP contribution in [0, 0.1) is 0 Å². The van der Waals surface area contributed by atoms with Gasteiger partial charge in [0.25, 0.3) is 0 Å². The SMILES string of the molecule is C[C@@H]1CC(N[C@@H](C)C(=O)Nc2ccc(-n3cncn3)cc2)C[C@@H](C)O1. The molecule has 1 aromatic carbocycles. The zero-order chi connectivity index (χ0) is 17.8. The molecule has 2 heterocycles. The second kappa shape index (κ2) is 7.76. The maximum Gasteiger partial charge on any atom is 0.241 e. The maximum absolute atomic E-state index is 12.4. The number of hydrogen-bond donors (Lipinski definition) is 2. The number of nitrogens with one attached hydrogen (secondary N) is 2. The van der Waals surface area contributed by atoms with E-state index in [-0.39, 0.29) is 24.2 Å². The van der Waals surface area contributed by atoms with Gasteiger partial charge in [0, 0.05) is 11.7 Å². The molecule has 2 N–H and O–H groups in total. The Bertz CT molecular complexity index is 676. The monoisotopic (exact) mass is 343 g/mol. The predicted molar refractivity (Wildman–Crippen MR) is 95.6 cm³/mol. The Kier molecular flexibility index (Phi) is 5.45. The first kappa shape index (κ1) is 17.6. The van der Waals surface area contributed by atoms with Crippen molar-refractivity contribution in [3.05, 3.63) is 36.9 Å². The number of carbonyl (C=O) groups excluding carboxylic acids is 1. The Labute approximate surface area is 147 Å². The largest absolute Gasteiger partial charge is 0.375 e. The molecule has 0 spiro atoms. The van der Waals surface area contributed by atoms with Gasteiger partial charge >= 0.3 is 0 Å². The lowest BCUT2D eigenvalue weighted by Gasteiger charge is -2.34. The van der Waals surface area contributed by atoms with Crippen molar-refractivity contribution in [1.29, 1.82) is 0 Å². The second-order valence-electron chi connectivity index (χ2n) is 6.69.